The largest absolute Gasteiger partial charge is 0.462 e. The lowest BCUT2D eigenvalue weighted by Crippen LogP contribution is -2.11. The number of carbonyl (C=O) groups is 1. The lowest BCUT2D eigenvalue weighted by molar-refractivity contribution is 0.0527. The molecule has 0 spiro atoms. The van der Waals surface area contributed by atoms with Crippen LogP contribution in [0.4, 0.5) is 15.8 Å². The Morgan fingerprint density at radius 3 is 2.89 bits per heavy atom. The van der Waals surface area contributed by atoms with Crippen LogP contribution in [-0.2, 0) is 4.74 Å². The molecule has 0 saturated heterocycles. The van der Waals surface area contributed by atoms with Gasteiger partial charge in [-0.2, -0.15) is 0 Å². The molecule has 0 aliphatic heterocycles. The Kier molecular flexibility index (Phi) is 3.69. The Hall–Kier alpha value is -1.78. The van der Waals surface area contributed by atoms with E-state index in [0.717, 1.165) is 12.6 Å². The van der Waals surface area contributed by atoms with E-state index in [9.17, 15) is 9.18 Å². The molecule has 1 fully saturated rings. The molecule has 18 heavy (non-hydrogen) atoms. The van der Waals surface area contributed by atoms with Gasteiger partial charge < -0.3 is 15.8 Å². The molecule has 1 aliphatic carbocycles. The smallest absolute Gasteiger partial charge is 0.340 e. The highest BCUT2D eigenvalue weighted by Crippen LogP contribution is 2.30. The summed E-state index contributed by atoms with van der Waals surface area (Å²) in [4.78, 5) is 11.6. The second kappa shape index (κ2) is 5.25. The van der Waals surface area contributed by atoms with Crippen LogP contribution in [0, 0.1) is 11.7 Å². The highest BCUT2D eigenvalue weighted by Gasteiger charge is 2.22. The maximum atomic E-state index is 13.7. The number of hydrogen-bond donors (Lipinski definition) is 2. The normalized spacial score (nSPS) is 14.3. The average Bonchev–Trinajstić information content (AvgIpc) is 3.12. The lowest BCUT2D eigenvalue weighted by Gasteiger charge is -2.11. The molecule has 1 aromatic rings. The van der Waals surface area contributed by atoms with E-state index in [2.05, 4.69) is 5.32 Å². The van der Waals surface area contributed by atoms with Crippen molar-refractivity contribution in [2.75, 3.05) is 24.2 Å². The van der Waals surface area contributed by atoms with Gasteiger partial charge in [-0.25, -0.2) is 9.18 Å². The van der Waals surface area contributed by atoms with Crippen LogP contribution in [0.15, 0.2) is 12.1 Å². The second-order valence-corrected chi connectivity index (χ2v) is 4.46. The molecule has 4 nitrogen and oxygen atoms in total. The minimum Gasteiger partial charge on any atom is -0.462 e. The van der Waals surface area contributed by atoms with Gasteiger partial charge in [0, 0.05) is 12.2 Å². The van der Waals surface area contributed by atoms with E-state index in [0.29, 0.717) is 11.6 Å². The van der Waals surface area contributed by atoms with Crippen LogP contribution in [0.25, 0.3) is 0 Å². The maximum Gasteiger partial charge on any atom is 0.340 e. The molecule has 0 radical (unpaired) electrons. The van der Waals surface area contributed by atoms with Crippen molar-refractivity contribution < 1.29 is 13.9 Å². The third-order valence-corrected chi connectivity index (χ3v) is 2.91. The van der Waals surface area contributed by atoms with Gasteiger partial charge >= 0.3 is 5.97 Å². The number of nitrogens with one attached hydrogen (secondary N) is 1. The van der Waals surface area contributed by atoms with Gasteiger partial charge in [0.15, 0.2) is 0 Å². The highest BCUT2D eigenvalue weighted by molar-refractivity contribution is 5.96. The van der Waals surface area contributed by atoms with Crippen molar-refractivity contribution in [1.29, 1.82) is 0 Å². The second-order valence-electron chi connectivity index (χ2n) is 4.46. The molecule has 1 saturated carbocycles. The first-order valence-corrected chi connectivity index (χ1v) is 6.11. The first kappa shape index (κ1) is 12.7. The fourth-order valence-corrected chi connectivity index (χ4v) is 1.69. The number of anilines is 2. The van der Waals surface area contributed by atoms with Crippen LogP contribution in [0.3, 0.4) is 0 Å². The van der Waals surface area contributed by atoms with Crippen LogP contribution in [0.5, 0.6) is 0 Å². The van der Waals surface area contributed by atoms with Crippen molar-refractivity contribution in [3.05, 3.63) is 23.5 Å². The zero-order valence-corrected chi connectivity index (χ0v) is 10.3. The summed E-state index contributed by atoms with van der Waals surface area (Å²) in [7, 11) is 0. The van der Waals surface area contributed by atoms with E-state index in [1.54, 1.807) is 6.92 Å². The molecule has 98 valence electrons. The van der Waals surface area contributed by atoms with Crippen molar-refractivity contribution in [2.45, 2.75) is 19.8 Å². The molecule has 1 aromatic carbocycles. The lowest BCUT2D eigenvalue weighted by atomic mass is 10.1. The monoisotopic (exact) mass is 252 g/mol. The first-order valence-electron chi connectivity index (χ1n) is 6.11. The molecule has 5 heteroatoms. The number of ether oxygens (including phenoxy) is 1. The van der Waals surface area contributed by atoms with Gasteiger partial charge in [-0.05, 0) is 37.8 Å². The van der Waals surface area contributed by atoms with Crippen LogP contribution in [-0.4, -0.2) is 19.1 Å². The zero-order chi connectivity index (χ0) is 13.1. The summed E-state index contributed by atoms with van der Waals surface area (Å²) in [6, 6.07) is 2.58. The van der Waals surface area contributed by atoms with E-state index in [4.69, 9.17) is 10.5 Å². The summed E-state index contributed by atoms with van der Waals surface area (Å²) in [6.45, 7) is 2.70. The number of nitrogens with two attached hydrogens (primary N) is 1. The van der Waals surface area contributed by atoms with Gasteiger partial charge in [0.25, 0.3) is 0 Å². The SMILES string of the molecule is CCOC(=O)c1cc(NCC2CC2)c(F)cc1N. The molecule has 2 rings (SSSR count). The molecule has 0 atom stereocenters. The van der Waals surface area contributed by atoms with Crippen LogP contribution < -0.4 is 11.1 Å². The number of benzene rings is 1. The zero-order valence-electron chi connectivity index (χ0n) is 10.3. The Labute approximate surface area is 105 Å². The van der Waals surface area contributed by atoms with Gasteiger partial charge in [-0.1, -0.05) is 0 Å². The predicted molar refractivity (Wildman–Crippen MR) is 68.0 cm³/mol. The van der Waals surface area contributed by atoms with Crippen molar-refractivity contribution in [3.8, 4) is 0 Å². The fraction of sp³-hybridized carbons (Fsp3) is 0.462. The summed E-state index contributed by atoms with van der Waals surface area (Å²) in [5, 5.41) is 3.00. The Morgan fingerprint density at radius 2 is 2.28 bits per heavy atom. The molecule has 1 aliphatic rings. The van der Waals surface area contributed by atoms with Crippen molar-refractivity contribution in [3.63, 3.8) is 0 Å². The third-order valence-electron chi connectivity index (χ3n) is 2.91. The van der Waals surface area contributed by atoms with Gasteiger partial charge in [-0.3, -0.25) is 0 Å². The summed E-state index contributed by atoms with van der Waals surface area (Å²) in [6.07, 6.45) is 2.35. The van der Waals surface area contributed by atoms with Crippen molar-refractivity contribution in [2.24, 2.45) is 5.92 Å². The van der Waals surface area contributed by atoms with Crippen molar-refractivity contribution >= 4 is 17.3 Å². The molecule has 3 N–H and O–H groups in total. The van der Waals surface area contributed by atoms with Crippen LogP contribution in [0.1, 0.15) is 30.1 Å². The van der Waals surface area contributed by atoms with Gasteiger partial charge in [0.2, 0.25) is 0 Å². The minimum absolute atomic E-state index is 0.0999. The molecule has 0 aromatic heterocycles. The summed E-state index contributed by atoms with van der Waals surface area (Å²) >= 11 is 0. The minimum atomic E-state index is -0.524. The van der Waals surface area contributed by atoms with E-state index < -0.39 is 11.8 Å². The molecular weight excluding hydrogens is 235 g/mol. The summed E-state index contributed by atoms with van der Waals surface area (Å²) in [5.74, 6) is -0.348. The number of nitrogen functional groups attached to an aromatic ring is 1. The fourth-order valence-electron chi connectivity index (χ4n) is 1.69. The average molecular weight is 252 g/mol. The van der Waals surface area contributed by atoms with Gasteiger partial charge in [0.1, 0.15) is 5.82 Å². The predicted octanol–water partition coefficient (Wildman–Crippen LogP) is 2.41. The molecule has 0 unspecified atom stereocenters. The summed E-state index contributed by atoms with van der Waals surface area (Å²) < 4.78 is 18.5. The van der Waals surface area contributed by atoms with E-state index in [1.807, 2.05) is 0 Å². The van der Waals surface area contributed by atoms with E-state index >= 15 is 0 Å². The standard InChI is InChI=1S/C13H17FN2O2/c1-2-18-13(17)9-5-12(10(14)6-11(9)15)16-7-8-3-4-8/h5-6,8,16H,2-4,7,15H2,1H3. The number of hydrogen-bond acceptors (Lipinski definition) is 4. The van der Waals surface area contributed by atoms with Gasteiger partial charge in [-0.15, -0.1) is 0 Å². The van der Waals surface area contributed by atoms with E-state index in [-0.39, 0.29) is 17.9 Å². The Morgan fingerprint density at radius 1 is 1.56 bits per heavy atom. The highest BCUT2D eigenvalue weighted by atomic mass is 19.1. The number of rotatable bonds is 5. The van der Waals surface area contributed by atoms with E-state index in [1.165, 1.54) is 18.9 Å². The first-order chi connectivity index (χ1) is 8.61. The topological polar surface area (TPSA) is 64.3 Å². The maximum absolute atomic E-state index is 13.7. The number of halogens is 1. The van der Waals surface area contributed by atoms with Gasteiger partial charge in [0.05, 0.1) is 17.9 Å². The van der Waals surface area contributed by atoms with Crippen molar-refractivity contribution in [1.82, 2.24) is 0 Å². The molecule has 0 amide bonds. The molecule has 0 heterocycles. The summed E-state index contributed by atoms with van der Waals surface area (Å²) in [5.41, 5.74) is 6.23. The number of carbonyl (C=O) groups excluding carboxylic acids is 1. The molecular formula is C13H17FN2O2. The molecule has 0 bridgehead atoms. The number of esters is 1. The van der Waals surface area contributed by atoms with Crippen LogP contribution >= 0.6 is 0 Å². The Balaban J connectivity index is 2.17. The van der Waals surface area contributed by atoms with Crippen LogP contribution in [0.2, 0.25) is 0 Å². The Bertz CT molecular complexity index is 459. The quantitative estimate of drug-likeness (QED) is 0.624. The third kappa shape index (κ3) is 2.91.